The Bertz CT molecular complexity index is 759. The third kappa shape index (κ3) is 4.44. The van der Waals surface area contributed by atoms with Gasteiger partial charge in [-0.15, -0.1) is 0 Å². The zero-order valence-corrected chi connectivity index (χ0v) is 13.3. The summed E-state index contributed by atoms with van der Waals surface area (Å²) in [5, 5.41) is 0. The molecule has 0 unspecified atom stereocenters. The summed E-state index contributed by atoms with van der Waals surface area (Å²) in [5.74, 6) is 0.0438. The molecule has 0 amide bonds. The minimum absolute atomic E-state index is 0.114. The Labute approximate surface area is 134 Å². The van der Waals surface area contributed by atoms with Crippen molar-refractivity contribution in [3.05, 3.63) is 42.0 Å². The van der Waals surface area contributed by atoms with Crippen LogP contribution >= 0.6 is 0 Å². The summed E-state index contributed by atoms with van der Waals surface area (Å²) in [4.78, 5) is 5.97. The van der Waals surface area contributed by atoms with Gasteiger partial charge in [-0.1, -0.05) is 35.3 Å². The van der Waals surface area contributed by atoms with E-state index in [1.54, 1.807) is 0 Å². The second kappa shape index (κ2) is 6.67. The maximum Gasteiger partial charge on any atom is 0.474 e. The highest BCUT2D eigenvalue weighted by Crippen LogP contribution is 2.16. The van der Waals surface area contributed by atoms with Crippen LogP contribution in [0.4, 0.5) is 17.6 Å². The third-order valence-electron chi connectivity index (χ3n) is 3.04. The first-order valence-corrected chi connectivity index (χ1v) is 8.11. The molecule has 5 N–H and O–H groups in total. The Kier molecular flexibility index (Phi) is 4.86. The number of hydrogen-bond donors (Lipinski definition) is 3. The molecule has 0 bridgehead atoms. The Morgan fingerprint density at radius 1 is 1.30 bits per heavy atom. The highest BCUT2D eigenvalue weighted by Gasteiger charge is 2.22. The van der Waals surface area contributed by atoms with E-state index in [2.05, 4.69) is 9.27 Å². The molecule has 124 valence electrons. The molecule has 2 aromatic rings. The summed E-state index contributed by atoms with van der Waals surface area (Å²) in [7, 11) is -4.76. The highest BCUT2D eigenvalue weighted by molar-refractivity contribution is 7.80. The van der Waals surface area contributed by atoms with Crippen molar-refractivity contribution in [1.29, 1.82) is 0 Å². The summed E-state index contributed by atoms with van der Waals surface area (Å²) >= 11 is 0. The van der Waals surface area contributed by atoms with Crippen LogP contribution in [0, 0.1) is 0 Å². The smallest absolute Gasteiger partial charge is 0.342 e. The second-order valence-electron chi connectivity index (χ2n) is 4.69. The molecule has 0 aliphatic heterocycles. The van der Waals surface area contributed by atoms with Crippen LogP contribution < -0.4 is 25.4 Å². The lowest BCUT2D eigenvalue weighted by Crippen LogP contribution is -2.50. The normalized spacial score (nSPS) is 11.2. The molecule has 10 heteroatoms. The lowest BCUT2D eigenvalue weighted by atomic mass is 10.2. The number of benzene rings is 1. The first-order chi connectivity index (χ1) is 10.8. The average molecular weight is 340 g/mol. The Morgan fingerprint density at radius 3 is 2.48 bits per heavy atom. The quantitative estimate of drug-likeness (QED) is 0.485. The van der Waals surface area contributed by atoms with E-state index < -0.39 is 10.4 Å². The Balaban J connectivity index is 2.31. The number of anilines is 3. The number of nitrogen functional groups attached to an aromatic ring is 2. The van der Waals surface area contributed by atoms with Crippen LogP contribution in [0.2, 0.25) is 0 Å². The van der Waals surface area contributed by atoms with Crippen molar-refractivity contribution in [2.75, 3.05) is 22.9 Å². The molecular weight excluding hydrogens is 322 g/mol. The summed E-state index contributed by atoms with van der Waals surface area (Å²) in [6.07, 6.45) is 0. The van der Waals surface area contributed by atoms with Gasteiger partial charge in [0.15, 0.2) is 5.82 Å². The van der Waals surface area contributed by atoms with E-state index in [4.69, 9.17) is 16.0 Å². The van der Waals surface area contributed by atoms with Crippen LogP contribution in [-0.2, 0) is 16.9 Å². The number of hydrogen-bond acceptors (Lipinski definition) is 7. The topological polar surface area (TPSA) is 136 Å². The summed E-state index contributed by atoms with van der Waals surface area (Å²) < 4.78 is 35.1. The number of nitrogens with zero attached hydrogens (tertiary/aromatic N) is 3. The van der Waals surface area contributed by atoms with Crippen LogP contribution in [0.25, 0.3) is 0 Å². The van der Waals surface area contributed by atoms with Crippen molar-refractivity contribution in [1.82, 2.24) is 4.98 Å². The zero-order chi connectivity index (χ0) is 17.0. The Hall–Kier alpha value is -2.59. The van der Waals surface area contributed by atoms with Crippen molar-refractivity contribution in [3.63, 3.8) is 0 Å². The molecule has 1 heterocycles. The van der Waals surface area contributed by atoms with Crippen molar-refractivity contribution in [3.8, 4) is 0 Å². The molecule has 1 aromatic heterocycles. The minimum atomic E-state index is -4.76. The van der Waals surface area contributed by atoms with E-state index in [9.17, 15) is 8.42 Å². The van der Waals surface area contributed by atoms with Crippen LogP contribution in [0.3, 0.4) is 0 Å². The fraction of sp³-hybridized carbons (Fsp3) is 0.231. The lowest BCUT2D eigenvalue weighted by Gasteiger charge is -2.20. The predicted octanol–water partition coefficient (Wildman–Crippen LogP) is -0.209. The molecule has 0 atom stereocenters. The van der Waals surface area contributed by atoms with E-state index in [1.165, 1.54) is 6.07 Å². The maximum atomic E-state index is 10.8. The molecular formula is C13H18N5O4S+. The Morgan fingerprint density at radius 2 is 1.96 bits per heavy atom. The van der Waals surface area contributed by atoms with E-state index in [-0.39, 0.29) is 11.8 Å². The minimum Gasteiger partial charge on any atom is -0.342 e. The molecule has 0 spiro atoms. The largest absolute Gasteiger partial charge is 0.474 e. The maximum absolute atomic E-state index is 10.8. The van der Waals surface area contributed by atoms with Gasteiger partial charge in [0.2, 0.25) is 5.82 Å². The van der Waals surface area contributed by atoms with E-state index in [1.807, 2.05) is 42.2 Å². The van der Waals surface area contributed by atoms with Gasteiger partial charge in [-0.25, -0.2) is 4.28 Å². The summed E-state index contributed by atoms with van der Waals surface area (Å²) in [5.41, 5.74) is 12.5. The van der Waals surface area contributed by atoms with Crippen molar-refractivity contribution in [2.45, 2.75) is 13.5 Å². The molecule has 0 saturated carbocycles. The summed E-state index contributed by atoms with van der Waals surface area (Å²) in [6.45, 7) is 3.14. The van der Waals surface area contributed by atoms with E-state index in [0.29, 0.717) is 23.6 Å². The van der Waals surface area contributed by atoms with Gasteiger partial charge in [-0.2, -0.15) is 8.42 Å². The first-order valence-electron chi connectivity index (χ1n) is 6.74. The van der Waals surface area contributed by atoms with Gasteiger partial charge in [-0.05, 0) is 17.2 Å². The van der Waals surface area contributed by atoms with Gasteiger partial charge < -0.3 is 16.4 Å². The molecule has 0 aliphatic carbocycles. The zero-order valence-electron chi connectivity index (χ0n) is 12.5. The molecule has 0 saturated heterocycles. The first kappa shape index (κ1) is 16.8. The second-order valence-corrected chi connectivity index (χ2v) is 5.70. The molecule has 2 rings (SSSR count). The van der Waals surface area contributed by atoms with Crippen LogP contribution in [0.5, 0.6) is 0 Å². The van der Waals surface area contributed by atoms with Crippen LogP contribution in [-0.4, -0.2) is 24.5 Å². The molecule has 0 aliphatic rings. The predicted molar refractivity (Wildman–Crippen MR) is 84.6 cm³/mol. The van der Waals surface area contributed by atoms with Gasteiger partial charge in [0.05, 0.1) is 6.07 Å². The average Bonchev–Trinajstić information content (AvgIpc) is 2.48. The number of aromatic nitrogens is 2. The van der Waals surface area contributed by atoms with Gasteiger partial charge >= 0.3 is 16.3 Å². The van der Waals surface area contributed by atoms with Crippen molar-refractivity contribution < 1.29 is 22.0 Å². The van der Waals surface area contributed by atoms with Gasteiger partial charge in [0.1, 0.15) is 0 Å². The molecule has 23 heavy (non-hydrogen) atoms. The monoisotopic (exact) mass is 340 g/mol. The van der Waals surface area contributed by atoms with E-state index >= 15 is 0 Å². The molecule has 0 fully saturated rings. The standard InChI is InChI=1S/C13H17N5O4S/c1-2-17(9-10-6-4-3-5-7-10)12-8-11(14)18(13(15)16-12)22-23(19,20)21/h3-8H,2,9H2,1H3,(H4,14,15,16,19,20,21)/p+1. The third-order valence-corrected chi connectivity index (χ3v) is 3.38. The lowest BCUT2D eigenvalue weighted by molar-refractivity contribution is -0.835. The van der Waals surface area contributed by atoms with Gasteiger partial charge in [-0.3, -0.25) is 4.55 Å². The number of rotatable bonds is 6. The van der Waals surface area contributed by atoms with Gasteiger partial charge in [0, 0.05) is 13.1 Å². The highest BCUT2D eigenvalue weighted by atomic mass is 32.3. The molecule has 0 radical (unpaired) electrons. The molecule has 9 nitrogen and oxygen atoms in total. The van der Waals surface area contributed by atoms with Gasteiger partial charge in [0.25, 0.3) is 0 Å². The SMILES string of the molecule is CCN(Cc1ccccc1)c1cc(N)[n+](OS(=O)(=O)O)c(N)n1. The van der Waals surface area contributed by atoms with Crippen LogP contribution in [0.15, 0.2) is 36.4 Å². The summed E-state index contributed by atoms with van der Waals surface area (Å²) in [6, 6.07) is 11.1. The fourth-order valence-corrected chi connectivity index (χ4v) is 2.37. The fourth-order valence-electron chi connectivity index (χ4n) is 2.01. The van der Waals surface area contributed by atoms with E-state index in [0.717, 1.165) is 5.56 Å². The van der Waals surface area contributed by atoms with Crippen molar-refractivity contribution >= 4 is 28.0 Å². The number of nitrogens with two attached hydrogens (primary N) is 2. The van der Waals surface area contributed by atoms with Crippen LogP contribution in [0.1, 0.15) is 12.5 Å². The molecule has 1 aromatic carbocycles. The van der Waals surface area contributed by atoms with Crippen molar-refractivity contribution in [2.24, 2.45) is 0 Å².